The molecule has 0 spiro atoms. The van der Waals surface area contributed by atoms with E-state index in [-0.39, 0.29) is 17.6 Å². The Morgan fingerprint density at radius 3 is 2.24 bits per heavy atom. The number of amides is 1. The van der Waals surface area contributed by atoms with Gasteiger partial charge in [-0.15, -0.1) is 0 Å². The molecule has 0 bridgehead atoms. The van der Waals surface area contributed by atoms with Gasteiger partial charge in [-0.3, -0.25) is 4.79 Å². The van der Waals surface area contributed by atoms with Crippen molar-refractivity contribution in [3.63, 3.8) is 0 Å². The Morgan fingerprint density at radius 2 is 1.67 bits per heavy atom. The molecule has 1 aliphatic rings. The van der Waals surface area contributed by atoms with Crippen molar-refractivity contribution in [3.8, 4) is 0 Å². The Morgan fingerprint density at radius 1 is 1.10 bits per heavy atom. The maximum Gasteiger partial charge on any atom is 0.222 e. The molecule has 0 aromatic carbocycles. The largest absolute Gasteiger partial charge is 0.342 e. The number of carbonyl (C=O) groups excluding carboxylic acids is 1. The zero-order valence-electron chi connectivity index (χ0n) is 13.2. The van der Waals surface area contributed by atoms with Gasteiger partial charge in [0.1, 0.15) is 0 Å². The van der Waals surface area contributed by atoms with Crippen LogP contribution in [-0.2, 0) is 14.8 Å². The molecule has 5 nitrogen and oxygen atoms in total. The number of likely N-dealkylation sites (tertiary alicyclic amines) is 1. The maximum atomic E-state index is 11.8. The molecule has 1 fully saturated rings. The molecule has 0 aliphatic carbocycles. The summed E-state index contributed by atoms with van der Waals surface area (Å²) in [6.07, 6.45) is 10.2. The zero-order valence-corrected chi connectivity index (χ0v) is 14.0. The van der Waals surface area contributed by atoms with Crippen molar-refractivity contribution < 1.29 is 13.2 Å². The van der Waals surface area contributed by atoms with Gasteiger partial charge in [-0.25, -0.2) is 13.6 Å². The molecule has 124 valence electrons. The highest BCUT2D eigenvalue weighted by atomic mass is 32.2. The van der Waals surface area contributed by atoms with E-state index in [2.05, 4.69) is 6.92 Å². The lowest BCUT2D eigenvalue weighted by Gasteiger charge is -2.16. The third-order valence-corrected chi connectivity index (χ3v) is 4.98. The van der Waals surface area contributed by atoms with Gasteiger partial charge in [0.2, 0.25) is 15.9 Å². The quantitative estimate of drug-likeness (QED) is 0.593. The van der Waals surface area contributed by atoms with Gasteiger partial charge in [-0.2, -0.15) is 0 Å². The lowest BCUT2D eigenvalue weighted by atomic mass is 10.1. The first-order valence-electron chi connectivity index (χ1n) is 8.20. The smallest absolute Gasteiger partial charge is 0.222 e. The molecule has 1 saturated heterocycles. The maximum absolute atomic E-state index is 11.8. The fourth-order valence-electron chi connectivity index (χ4n) is 2.95. The van der Waals surface area contributed by atoms with Gasteiger partial charge < -0.3 is 4.90 Å². The van der Waals surface area contributed by atoms with Crippen LogP contribution in [0.3, 0.4) is 0 Å². The lowest BCUT2D eigenvalue weighted by molar-refractivity contribution is -0.127. The molecule has 0 aromatic rings. The fourth-order valence-corrected chi connectivity index (χ4v) is 3.83. The van der Waals surface area contributed by atoms with Crippen molar-refractivity contribution in [2.45, 2.75) is 64.7 Å². The Kier molecular flexibility index (Phi) is 8.26. The van der Waals surface area contributed by atoms with Crippen LogP contribution in [0.15, 0.2) is 0 Å². The molecule has 6 heteroatoms. The van der Waals surface area contributed by atoms with Crippen molar-refractivity contribution in [1.29, 1.82) is 0 Å². The molecule has 0 radical (unpaired) electrons. The van der Waals surface area contributed by atoms with Crippen molar-refractivity contribution in [2.24, 2.45) is 11.1 Å². The number of hydrogen-bond donors (Lipinski definition) is 1. The average Bonchev–Trinajstić information content (AvgIpc) is 2.70. The second-order valence-electron chi connectivity index (χ2n) is 6.21. The number of rotatable bonds is 11. The molecule has 1 amide bonds. The third-order valence-electron chi connectivity index (χ3n) is 4.04. The third kappa shape index (κ3) is 8.41. The van der Waals surface area contributed by atoms with Crippen LogP contribution in [0.4, 0.5) is 0 Å². The highest BCUT2D eigenvalue weighted by molar-refractivity contribution is 7.89. The summed E-state index contributed by atoms with van der Waals surface area (Å²) in [5.74, 6) is -0.125. The van der Waals surface area contributed by atoms with E-state index < -0.39 is 10.0 Å². The molecule has 2 N–H and O–H groups in total. The number of unbranched alkanes of at least 4 members (excludes halogenated alkanes) is 7. The number of primary sulfonamides is 1. The summed E-state index contributed by atoms with van der Waals surface area (Å²) in [5.41, 5.74) is 0. The van der Waals surface area contributed by atoms with Crippen LogP contribution in [0.1, 0.15) is 64.7 Å². The molecule has 1 rings (SSSR count). The molecule has 0 aromatic heterocycles. The van der Waals surface area contributed by atoms with E-state index in [1.807, 2.05) is 0 Å². The van der Waals surface area contributed by atoms with Crippen molar-refractivity contribution >= 4 is 15.9 Å². The number of carbonyl (C=O) groups is 1. The van der Waals surface area contributed by atoms with Crippen LogP contribution in [0.2, 0.25) is 0 Å². The van der Waals surface area contributed by atoms with Gasteiger partial charge in [0.25, 0.3) is 0 Å². The van der Waals surface area contributed by atoms with Gasteiger partial charge in [0.05, 0.1) is 5.75 Å². The Hall–Kier alpha value is -0.620. The predicted octanol–water partition coefficient (Wildman–Crippen LogP) is 2.26. The molecule has 1 heterocycles. The van der Waals surface area contributed by atoms with E-state index in [0.717, 1.165) is 19.4 Å². The summed E-state index contributed by atoms with van der Waals surface area (Å²) in [5, 5.41) is 5.04. The normalized spacial score (nSPS) is 19.4. The van der Waals surface area contributed by atoms with Crippen LogP contribution >= 0.6 is 0 Å². The zero-order chi connectivity index (χ0) is 15.7. The number of nitrogens with two attached hydrogens (primary N) is 1. The minimum atomic E-state index is -3.47. The first-order chi connectivity index (χ1) is 9.92. The number of hydrogen-bond acceptors (Lipinski definition) is 3. The number of nitrogens with zero attached hydrogens (tertiary/aromatic N) is 1. The Balaban J connectivity index is 2.09. The second-order valence-corrected chi connectivity index (χ2v) is 7.87. The van der Waals surface area contributed by atoms with E-state index in [9.17, 15) is 13.2 Å². The second kappa shape index (κ2) is 9.41. The van der Waals surface area contributed by atoms with Crippen LogP contribution in [0, 0.1) is 5.92 Å². The van der Waals surface area contributed by atoms with Gasteiger partial charge in [0, 0.05) is 25.4 Å². The Bertz CT molecular complexity index is 409. The molecule has 1 atom stereocenters. The monoisotopic (exact) mass is 318 g/mol. The van der Waals surface area contributed by atoms with E-state index >= 15 is 0 Å². The first-order valence-corrected chi connectivity index (χ1v) is 9.92. The molecular formula is C15H30N2O3S. The molecular weight excluding hydrogens is 288 g/mol. The molecule has 1 aliphatic heterocycles. The standard InChI is InChI=1S/C15H30N2O3S/c1-2-3-4-5-6-7-8-9-10-17-12-14(11-15(17)18)13-21(16,19)20/h14H,2-13H2,1H3,(H2,16,19,20). The highest BCUT2D eigenvalue weighted by Crippen LogP contribution is 2.19. The first kappa shape index (κ1) is 18.4. The SMILES string of the molecule is CCCCCCCCCCN1CC(CS(N)(=O)=O)CC1=O. The van der Waals surface area contributed by atoms with E-state index in [1.165, 1.54) is 38.5 Å². The minimum Gasteiger partial charge on any atom is -0.342 e. The van der Waals surface area contributed by atoms with Crippen molar-refractivity contribution in [1.82, 2.24) is 4.90 Å². The van der Waals surface area contributed by atoms with E-state index in [1.54, 1.807) is 4.90 Å². The van der Waals surface area contributed by atoms with Crippen molar-refractivity contribution in [3.05, 3.63) is 0 Å². The van der Waals surface area contributed by atoms with Gasteiger partial charge in [-0.1, -0.05) is 51.9 Å². The Labute approximate surface area is 129 Å². The highest BCUT2D eigenvalue weighted by Gasteiger charge is 2.31. The molecule has 21 heavy (non-hydrogen) atoms. The van der Waals surface area contributed by atoms with E-state index in [4.69, 9.17) is 5.14 Å². The topological polar surface area (TPSA) is 80.5 Å². The molecule has 0 saturated carbocycles. The predicted molar refractivity (Wildman–Crippen MR) is 85.3 cm³/mol. The minimum absolute atomic E-state index is 0.0756. The lowest BCUT2D eigenvalue weighted by Crippen LogP contribution is -2.28. The van der Waals surface area contributed by atoms with Crippen molar-refractivity contribution in [2.75, 3.05) is 18.8 Å². The van der Waals surface area contributed by atoms with Crippen LogP contribution in [0.25, 0.3) is 0 Å². The fraction of sp³-hybridized carbons (Fsp3) is 0.933. The summed E-state index contributed by atoms with van der Waals surface area (Å²) in [6.45, 7) is 3.52. The van der Waals surface area contributed by atoms with Crippen LogP contribution in [0.5, 0.6) is 0 Å². The van der Waals surface area contributed by atoms with Gasteiger partial charge >= 0.3 is 0 Å². The summed E-state index contributed by atoms with van der Waals surface area (Å²) in [4.78, 5) is 13.6. The van der Waals surface area contributed by atoms with Gasteiger partial charge in [-0.05, 0) is 6.42 Å². The average molecular weight is 318 g/mol. The summed E-state index contributed by atoms with van der Waals surface area (Å²) >= 11 is 0. The van der Waals surface area contributed by atoms with Crippen LogP contribution < -0.4 is 5.14 Å². The molecule has 1 unspecified atom stereocenters. The van der Waals surface area contributed by atoms with Crippen LogP contribution in [-0.4, -0.2) is 38.1 Å². The number of sulfonamides is 1. The summed E-state index contributed by atoms with van der Waals surface area (Å²) < 4.78 is 22.1. The summed E-state index contributed by atoms with van der Waals surface area (Å²) in [7, 11) is -3.47. The van der Waals surface area contributed by atoms with E-state index in [0.29, 0.717) is 13.0 Å². The van der Waals surface area contributed by atoms with Gasteiger partial charge in [0.15, 0.2) is 0 Å². The summed E-state index contributed by atoms with van der Waals surface area (Å²) in [6, 6.07) is 0.